The number of nitrogens with one attached hydrogen (secondary N) is 1. The van der Waals surface area contributed by atoms with Crippen LogP contribution < -0.4 is 0 Å². The minimum absolute atomic E-state index is 0.0885. The topological polar surface area (TPSA) is 28.7 Å². The first-order valence-electron chi connectivity index (χ1n) is 6.61. The number of aromatic amines is 1. The molecule has 0 saturated heterocycles. The molecular formula is C16H13F5N2. The molecule has 0 unspecified atom stereocenters. The van der Waals surface area contributed by atoms with Crippen LogP contribution in [-0.4, -0.2) is 9.97 Å². The van der Waals surface area contributed by atoms with Gasteiger partial charge in [-0.3, -0.25) is 0 Å². The van der Waals surface area contributed by atoms with E-state index in [0.717, 1.165) is 12.1 Å². The second-order valence-corrected chi connectivity index (χ2v) is 4.99. The molecule has 7 heteroatoms. The highest BCUT2D eigenvalue weighted by Crippen LogP contribution is 2.30. The number of halogens is 5. The van der Waals surface area contributed by atoms with Crippen molar-refractivity contribution >= 4 is 11.0 Å². The maximum absolute atomic E-state index is 12.6. The summed E-state index contributed by atoms with van der Waals surface area (Å²) in [6.45, 7) is 3.08. The monoisotopic (exact) mass is 328 g/mol. The number of aryl methyl sites for hydroxylation is 1. The van der Waals surface area contributed by atoms with Crippen LogP contribution in [0, 0.1) is 25.5 Å². The zero-order chi connectivity index (χ0) is 17.2. The molecule has 0 saturated carbocycles. The van der Waals surface area contributed by atoms with Crippen molar-refractivity contribution in [3.05, 3.63) is 65.0 Å². The van der Waals surface area contributed by atoms with Gasteiger partial charge in [-0.2, -0.15) is 13.2 Å². The zero-order valence-corrected chi connectivity index (χ0v) is 12.3. The van der Waals surface area contributed by atoms with Crippen molar-refractivity contribution in [2.75, 3.05) is 0 Å². The third-order valence-electron chi connectivity index (χ3n) is 3.17. The number of nitrogens with zero attached hydrogens (tertiary/aromatic N) is 1. The van der Waals surface area contributed by atoms with Crippen LogP contribution in [0.2, 0.25) is 0 Å². The SMILES string of the molecule is Cc1cc(F)c(C)c(F)c1.FC(F)(F)c1ccc2nc[nH]c2c1. The predicted molar refractivity (Wildman–Crippen MR) is 76.9 cm³/mol. The van der Waals surface area contributed by atoms with E-state index in [0.29, 0.717) is 16.6 Å². The Morgan fingerprint density at radius 1 is 0.957 bits per heavy atom. The fraction of sp³-hybridized carbons (Fsp3) is 0.188. The molecule has 122 valence electrons. The van der Waals surface area contributed by atoms with E-state index in [1.165, 1.54) is 31.5 Å². The molecule has 0 bridgehead atoms. The molecule has 3 rings (SSSR count). The van der Waals surface area contributed by atoms with E-state index in [2.05, 4.69) is 9.97 Å². The molecular weight excluding hydrogens is 315 g/mol. The molecule has 0 aliphatic rings. The van der Waals surface area contributed by atoms with Gasteiger partial charge >= 0.3 is 6.18 Å². The molecule has 0 aliphatic heterocycles. The number of rotatable bonds is 0. The van der Waals surface area contributed by atoms with Crippen molar-refractivity contribution < 1.29 is 22.0 Å². The lowest BCUT2D eigenvalue weighted by molar-refractivity contribution is -0.137. The molecule has 23 heavy (non-hydrogen) atoms. The molecule has 1 heterocycles. The van der Waals surface area contributed by atoms with Crippen LogP contribution >= 0.6 is 0 Å². The highest BCUT2D eigenvalue weighted by molar-refractivity contribution is 5.75. The lowest BCUT2D eigenvalue weighted by Gasteiger charge is -2.04. The summed E-state index contributed by atoms with van der Waals surface area (Å²) in [5.41, 5.74) is 0.971. The van der Waals surface area contributed by atoms with Gasteiger partial charge in [0.05, 0.1) is 22.9 Å². The van der Waals surface area contributed by atoms with Gasteiger partial charge in [0.2, 0.25) is 0 Å². The van der Waals surface area contributed by atoms with Gasteiger partial charge in [-0.15, -0.1) is 0 Å². The molecule has 0 spiro atoms. The fourth-order valence-corrected chi connectivity index (χ4v) is 1.88. The molecule has 0 fully saturated rings. The van der Waals surface area contributed by atoms with Gasteiger partial charge in [-0.05, 0) is 49.7 Å². The third-order valence-corrected chi connectivity index (χ3v) is 3.17. The fourth-order valence-electron chi connectivity index (χ4n) is 1.88. The largest absolute Gasteiger partial charge is 0.416 e. The Morgan fingerprint density at radius 2 is 1.57 bits per heavy atom. The minimum atomic E-state index is -4.29. The lowest BCUT2D eigenvalue weighted by Crippen LogP contribution is -2.04. The molecule has 0 atom stereocenters. The number of H-pyrrole nitrogens is 1. The van der Waals surface area contributed by atoms with Gasteiger partial charge in [-0.25, -0.2) is 13.8 Å². The first-order chi connectivity index (χ1) is 10.7. The smallest absolute Gasteiger partial charge is 0.345 e. The van der Waals surface area contributed by atoms with Crippen LogP contribution in [-0.2, 0) is 6.18 Å². The van der Waals surface area contributed by atoms with E-state index >= 15 is 0 Å². The van der Waals surface area contributed by atoms with Crippen molar-refractivity contribution in [1.29, 1.82) is 0 Å². The van der Waals surface area contributed by atoms with Gasteiger partial charge in [0.1, 0.15) is 11.6 Å². The van der Waals surface area contributed by atoms with Crippen molar-refractivity contribution in [1.82, 2.24) is 9.97 Å². The normalized spacial score (nSPS) is 11.3. The molecule has 2 nitrogen and oxygen atoms in total. The summed E-state index contributed by atoms with van der Waals surface area (Å²) in [7, 11) is 0. The second kappa shape index (κ2) is 6.36. The summed E-state index contributed by atoms with van der Waals surface area (Å²) in [6.07, 6.45) is -2.93. The summed E-state index contributed by atoms with van der Waals surface area (Å²) in [5.74, 6) is -0.949. The van der Waals surface area contributed by atoms with Crippen molar-refractivity contribution in [3.63, 3.8) is 0 Å². The van der Waals surface area contributed by atoms with Crippen LogP contribution in [0.4, 0.5) is 22.0 Å². The van der Waals surface area contributed by atoms with Crippen LogP contribution in [0.25, 0.3) is 11.0 Å². The summed E-state index contributed by atoms with van der Waals surface area (Å²) < 4.78 is 61.8. The van der Waals surface area contributed by atoms with Gasteiger partial charge in [0.25, 0.3) is 0 Å². The number of benzene rings is 2. The van der Waals surface area contributed by atoms with Gasteiger partial charge in [0.15, 0.2) is 0 Å². The van der Waals surface area contributed by atoms with E-state index in [4.69, 9.17) is 0 Å². The van der Waals surface area contributed by atoms with Gasteiger partial charge in [0, 0.05) is 5.56 Å². The molecule has 2 aromatic carbocycles. The van der Waals surface area contributed by atoms with Crippen LogP contribution in [0.3, 0.4) is 0 Å². The van der Waals surface area contributed by atoms with Gasteiger partial charge < -0.3 is 4.98 Å². The van der Waals surface area contributed by atoms with Crippen LogP contribution in [0.1, 0.15) is 16.7 Å². The number of hydrogen-bond donors (Lipinski definition) is 1. The molecule has 0 amide bonds. The summed E-state index contributed by atoms with van der Waals surface area (Å²) in [6, 6.07) is 6.04. The summed E-state index contributed by atoms with van der Waals surface area (Å²) in [4.78, 5) is 6.44. The Hall–Kier alpha value is -2.44. The second-order valence-electron chi connectivity index (χ2n) is 4.99. The van der Waals surface area contributed by atoms with Crippen LogP contribution in [0.15, 0.2) is 36.7 Å². The Balaban J connectivity index is 0.000000174. The number of imidazole rings is 1. The summed E-state index contributed by atoms with van der Waals surface area (Å²) >= 11 is 0. The zero-order valence-electron chi connectivity index (χ0n) is 12.3. The maximum Gasteiger partial charge on any atom is 0.416 e. The van der Waals surface area contributed by atoms with Crippen molar-refractivity contribution in [2.24, 2.45) is 0 Å². The lowest BCUT2D eigenvalue weighted by atomic mass is 10.1. The third kappa shape index (κ3) is 4.06. The predicted octanol–water partition coefficient (Wildman–Crippen LogP) is 5.16. The Morgan fingerprint density at radius 3 is 2.13 bits per heavy atom. The number of alkyl halides is 3. The van der Waals surface area contributed by atoms with E-state index < -0.39 is 23.4 Å². The minimum Gasteiger partial charge on any atom is -0.345 e. The number of fused-ring (bicyclic) bond motifs is 1. The van der Waals surface area contributed by atoms with Crippen molar-refractivity contribution in [2.45, 2.75) is 20.0 Å². The Labute approximate surface area is 129 Å². The van der Waals surface area contributed by atoms with E-state index in [9.17, 15) is 22.0 Å². The number of hydrogen-bond acceptors (Lipinski definition) is 1. The van der Waals surface area contributed by atoms with E-state index in [-0.39, 0.29) is 5.56 Å². The number of aromatic nitrogens is 2. The van der Waals surface area contributed by atoms with E-state index in [1.54, 1.807) is 6.92 Å². The summed E-state index contributed by atoms with van der Waals surface area (Å²) in [5, 5.41) is 0. The molecule has 0 aliphatic carbocycles. The Kier molecular flexibility index (Phi) is 4.68. The highest BCUT2D eigenvalue weighted by atomic mass is 19.4. The first kappa shape index (κ1) is 16.9. The molecule has 0 radical (unpaired) electrons. The first-order valence-corrected chi connectivity index (χ1v) is 6.61. The average Bonchev–Trinajstić information content (AvgIpc) is 2.91. The van der Waals surface area contributed by atoms with Crippen LogP contribution in [0.5, 0.6) is 0 Å². The average molecular weight is 328 g/mol. The van der Waals surface area contributed by atoms with Crippen molar-refractivity contribution in [3.8, 4) is 0 Å². The maximum atomic E-state index is 12.6. The Bertz CT molecular complexity index is 798. The molecule has 3 aromatic rings. The highest BCUT2D eigenvalue weighted by Gasteiger charge is 2.30. The quantitative estimate of drug-likeness (QED) is 0.567. The standard InChI is InChI=1S/C8H5F3N2.C8H8F2/c9-8(10,11)5-1-2-6-7(3-5)13-4-12-6;1-5-3-7(9)6(2)8(10)4-5/h1-4H,(H,12,13);3-4H,1-2H3. The van der Waals surface area contributed by atoms with Gasteiger partial charge in [-0.1, -0.05) is 0 Å². The molecule has 1 N–H and O–H groups in total. The molecule has 1 aromatic heterocycles. The van der Waals surface area contributed by atoms with E-state index in [1.807, 2.05) is 0 Å².